The fourth-order valence-electron chi connectivity index (χ4n) is 2.84. The summed E-state index contributed by atoms with van der Waals surface area (Å²) in [6, 6.07) is 0. The van der Waals surface area contributed by atoms with Crippen LogP contribution in [0.25, 0.3) is 0 Å². The Bertz CT molecular complexity index is 290. The highest BCUT2D eigenvalue weighted by Crippen LogP contribution is 2.32. The molecule has 0 spiro atoms. The average Bonchev–Trinajstić information content (AvgIpc) is 2.42. The first kappa shape index (κ1) is 14.0. The van der Waals surface area contributed by atoms with Crippen LogP contribution < -0.4 is 5.32 Å². The van der Waals surface area contributed by atoms with Gasteiger partial charge in [-0.2, -0.15) is 0 Å². The van der Waals surface area contributed by atoms with Gasteiger partial charge in [-0.25, -0.2) is 4.79 Å². The number of carboxylic acid groups (broad SMARTS) is 1. The number of carbonyl (C=O) groups excluding carboxylic acids is 1. The van der Waals surface area contributed by atoms with E-state index >= 15 is 0 Å². The molecule has 0 radical (unpaired) electrons. The maximum atomic E-state index is 11.4. The Kier molecular flexibility index (Phi) is 4.97. The largest absolute Gasteiger partial charge is 0.480 e. The van der Waals surface area contributed by atoms with Crippen molar-refractivity contribution >= 4 is 11.9 Å². The number of amides is 1. The normalized spacial score (nSPS) is 29.4. The number of hydrogen-bond acceptors (Lipinski definition) is 2. The summed E-state index contributed by atoms with van der Waals surface area (Å²) < 4.78 is 0. The van der Waals surface area contributed by atoms with Crippen molar-refractivity contribution in [2.45, 2.75) is 64.3 Å². The van der Waals surface area contributed by atoms with E-state index in [1.54, 1.807) is 0 Å². The lowest BCUT2D eigenvalue weighted by atomic mass is 9.89. The Balaban J connectivity index is 2.72. The van der Waals surface area contributed by atoms with E-state index in [-0.39, 0.29) is 5.91 Å². The van der Waals surface area contributed by atoms with Crippen LogP contribution in [0.15, 0.2) is 0 Å². The van der Waals surface area contributed by atoms with Crippen LogP contribution in [0.4, 0.5) is 0 Å². The van der Waals surface area contributed by atoms with Gasteiger partial charge < -0.3 is 10.4 Å². The van der Waals surface area contributed by atoms with Gasteiger partial charge in [-0.05, 0) is 25.2 Å². The molecule has 0 aromatic carbocycles. The van der Waals surface area contributed by atoms with E-state index in [0.29, 0.717) is 18.8 Å². The van der Waals surface area contributed by atoms with Gasteiger partial charge in [0, 0.05) is 6.92 Å². The van der Waals surface area contributed by atoms with E-state index < -0.39 is 11.5 Å². The van der Waals surface area contributed by atoms with Crippen LogP contribution in [0.5, 0.6) is 0 Å². The monoisotopic (exact) mass is 241 g/mol. The second-order valence-electron chi connectivity index (χ2n) is 5.15. The number of aliphatic carboxylic acids is 1. The number of hydrogen-bond donors (Lipinski definition) is 2. The molecular formula is C13H23NO3. The Morgan fingerprint density at radius 2 is 2.06 bits per heavy atom. The van der Waals surface area contributed by atoms with Crippen molar-refractivity contribution in [3.8, 4) is 0 Å². The van der Waals surface area contributed by atoms with Gasteiger partial charge in [0.25, 0.3) is 0 Å². The van der Waals surface area contributed by atoms with Crippen LogP contribution >= 0.6 is 0 Å². The van der Waals surface area contributed by atoms with Crippen LogP contribution in [0.1, 0.15) is 58.8 Å². The van der Waals surface area contributed by atoms with Crippen molar-refractivity contribution in [2.75, 3.05) is 0 Å². The zero-order valence-electron chi connectivity index (χ0n) is 10.8. The molecule has 1 fully saturated rings. The molecule has 4 nitrogen and oxygen atoms in total. The summed E-state index contributed by atoms with van der Waals surface area (Å²) in [6.45, 7) is 3.54. The molecule has 1 amide bonds. The van der Waals surface area contributed by atoms with E-state index in [9.17, 15) is 14.7 Å². The lowest BCUT2D eigenvalue weighted by molar-refractivity contribution is -0.148. The molecule has 2 unspecified atom stereocenters. The Morgan fingerprint density at radius 1 is 1.35 bits per heavy atom. The van der Waals surface area contributed by atoms with Gasteiger partial charge in [0.2, 0.25) is 5.91 Å². The van der Waals surface area contributed by atoms with Gasteiger partial charge in [-0.1, -0.05) is 32.6 Å². The molecule has 4 heteroatoms. The molecule has 1 aliphatic rings. The van der Waals surface area contributed by atoms with Crippen LogP contribution in [0.2, 0.25) is 0 Å². The third-order valence-corrected chi connectivity index (χ3v) is 3.72. The van der Waals surface area contributed by atoms with Crippen molar-refractivity contribution in [3.63, 3.8) is 0 Å². The second-order valence-corrected chi connectivity index (χ2v) is 5.15. The predicted octanol–water partition coefficient (Wildman–Crippen LogP) is 2.33. The van der Waals surface area contributed by atoms with Crippen molar-refractivity contribution in [1.29, 1.82) is 0 Å². The molecule has 17 heavy (non-hydrogen) atoms. The van der Waals surface area contributed by atoms with E-state index in [1.165, 1.54) is 6.92 Å². The van der Waals surface area contributed by atoms with Gasteiger partial charge in [0.05, 0.1) is 0 Å². The van der Waals surface area contributed by atoms with Crippen molar-refractivity contribution in [1.82, 2.24) is 5.32 Å². The molecule has 0 aliphatic heterocycles. The molecular weight excluding hydrogens is 218 g/mol. The SMILES string of the molecule is CCCC1CCCC(NC(C)=O)(C(=O)O)CC1. The van der Waals surface area contributed by atoms with Gasteiger partial charge in [-0.3, -0.25) is 4.79 Å². The quantitative estimate of drug-likeness (QED) is 0.742. The number of nitrogens with one attached hydrogen (secondary N) is 1. The predicted molar refractivity (Wildman–Crippen MR) is 65.7 cm³/mol. The van der Waals surface area contributed by atoms with Gasteiger partial charge in [0.15, 0.2) is 0 Å². The Labute approximate surface area is 103 Å². The smallest absolute Gasteiger partial charge is 0.329 e. The fourth-order valence-corrected chi connectivity index (χ4v) is 2.84. The fraction of sp³-hybridized carbons (Fsp3) is 0.846. The molecule has 98 valence electrons. The third kappa shape index (κ3) is 3.72. The van der Waals surface area contributed by atoms with Crippen molar-refractivity contribution in [3.05, 3.63) is 0 Å². The minimum atomic E-state index is -1.02. The van der Waals surface area contributed by atoms with Gasteiger partial charge >= 0.3 is 5.97 Å². The minimum Gasteiger partial charge on any atom is -0.480 e. The first-order chi connectivity index (χ1) is 8.00. The summed E-state index contributed by atoms with van der Waals surface area (Å²) in [6.07, 6.45) is 6.30. The highest BCUT2D eigenvalue weighted by atomic mass is 16.4. The highest BCUT2D eigenvalue weighted by Gasteiger charge is 2.40. The molecule has 0 aromatic heterocycles. The zero-order chi connectivity index (χ0) is 12.9. The van der Waals surface area contributed by atoms with Crippen molar-refractivity contribution in [2.24, 2.45) is 5.92 Å². The number of carbonyl (C=O) groups is 2. The summed E-state index contributed by atoms with van der Waals surface area (Å²) in [5.74, 6) is -0.513. The first-order valence-corrected chi connectivity index (χ1v) is 6.52. The van der Waals surface area contributed by atoms with E-state index in [2.05, 4.69) is 12.2 Å². The summed E-state index contributed by atoms with van der Waals surface area (Å²) in [5, 5.41) is 12.0. The van der Waals surface area contributed by atoms with Crippen LogP contribution in [0, 0.1) is 5.92 Å². The summed E-state index contributed by atoms with van der Waals surface area (Å²) in [7, 11) is 0. The molecule has 1 aliphatic carbocycles. The maximum absolute atomic E-state index is 11.4. The standard InChI is InChI=1S/C13H23NO3/c1-3-5-11-6-4-8-13(9-7-11,12(16)17)14-10(2)15/h11H,3-9H2,1-2H3,(H,14,15)(H,16,17). The van der Waals surface area contributed by atoms with Crippen LogP contribution in [-0.2, 0) is 9.59 Å². The van der Waals surface area contributed by atoms with Gasteiger partial charge in [0.1, 0.15) is 5.54 Å². The van der Waals surface area contributed by atoms with E-state index in [1.807, 2.05) is 0 Å². The molecule has 1 saturated carbocycles. The molecule has 0 aromatic rings. The average molecular weight is 241 g/mol. The van der Waals surface area contributed by atoms with Crippen LogP contribution in [0.3, 0.4) is 0 Å². The summed E-state index contributed by atoms with van der Waals surface area (Å²) in [4.78, 5) is 22.6. The summed E-state index contributed by atoms with van der Waals surface area (Å²) in [5.41, 5.74) is -1.02. The maximum Gasteiger partial charge on any atom is 0.329 e. The summed E-state index contributed by atoms with van der Waals surface area (Å²) >= 11 is 0. The molecule has 1 rings (SSSR count). The lowest BCUT2D eigenvalue weighted by Crippen LogP contribution is -2.53. The third-order valence-electron chi connectivity index (χ3n) is 3.72. The molecule has 0 bridgehead atoms. The number of rotatable bonds is 4. The Hall–Kier alpha value is -1.06. The minimum absolute atomic E-state index is 0.249. The van der Waals surface area contributed by atoms with Crippen molar-refractivity contribution < 1.29 is 14.7 Å². The topological polar surface area (TPSA) is 66.4 Å². The molecule has 0 heterocycles. The molecule has 0 saturated heterocycles. The highest BCUT2D eigenvalue weighted by molar-refractivity contribution is 5.85. The van der Waals surface area contributed by atoms with E-state index in [0.717, 1.165) is 32.1 Å². The molecule has 2 N–H and O–H groups in total. The first-order valence-electron chi connectivity index (χ1n) is 6.52. The van der Waals surface area contributed by atoms with Crippen LogP contribution in [-0.4, -0.2) is 22.5 Å². The Morgan fingerprint density at radius 3 is 2.59 bits per heavy atom. The van der Waals surface area contributed by atoms with E-state index in [4.69, 9.17) is 0 Å². The zero-order valence-corrected chi connectivity index (χ0v) is 10.8. The molecule has 2 atom stereocenters. The lowest BCUT2D eigenvalue weighted by Gasteiger charge is -2.28. The van der Waals surface area contributed by atoms with Gasteiger partial charge in [-0.15, -0.1) is 0 Å². The number of carboxylic acids is 1. The second kappa shape index (κ2) is 6.03.